The van der Waals surface area contributed by atoms with Crippen LogP contribution in [-0.2, 0) is 4.79 Å². The van der Waals surface area contributed by atoms with Gasteiger partial charge in [0.1, 0.15) is 5.75 Å². The number of nitrogens with one attached hydrogen (secondary N) is 1. The van der Waals surface area contributed by atoms with E-state index in [-0.39, 0.29) is 5.91 Å². The molecule has 0 spiro atoms. The molecule has 19 heavy (non-hydrogen) atoms. The molecule has 1 atom stereocenters. The van der Waals surface area contributed by atoms with Gasteiger partial charge in [-0.1, -0.05) is 39.3 Å². The van der Waals surface area contributed by atoms with Crippen LogP contribution >= 0.6 is 0 Å². The summed E-state index contributed by atoms with van der Waals surface area (Å²) in [6, 6.07) is 6.96. The maximum absolute atomic E-state index is 11.9. The zero-order valence-corrected chi connectivity index (χ0v) is 12.0. The smallest absolute Gasteiger partial charge is 0.241 e. The number of rotatable bonds is 7. The Morgan fingerprint density at radius 2 is 2.05 bits per heavy atom. The van der Waals surface area contributed by atoms with E-state index in [1.165, 1.54) is 0 Å². The van der Waals surface area contributed by atoms with Gasteiger partial charge in [-0.3, -0.25) is 4.79 Å². The number of carbonyl (C=O) groups excluding carboxylic acids is 1. The SMILES string of the molecule is CCC[C@@H](N)C(=O)Nc1ccccc1OCC(C)C. The molecule has 1 amide bonds. The van der Waals surface area contributed by atoms with Gasteiger partial charge in [0.05, 0.1) is 18.3 Å². The van der Waals surface area contributed by atoms with E-state index in [1.54, 1.807) is 0 Å². The number of hydrogen-bond donors (Lipinski definition) is 2. The highest BCUT2D eigenvalue weighted by molar-refractivity contribution is 5.95. The van der Waals surface area contributed by atoms with Crippen LogP contribution in [0, 0.1) is 5.92 Å². The zero-order valence-electron chi connectivity index (χ0n) is 12.0. The Kier molecular flexibility index (Phi) is 6.36. The highest BCUT2D eigenvalue weighted by Crippen LogP contribution is 2.24. The van der Waals surface area contributed by atoms with Crippen LogP contribution in [0.15, 0.2) is 24.3 Å². The third-order valence-corrected chi connectivity index (χ3v) is 2.65. The zero-order chi connectivity index (χ0) is 14.3. The average molecular weight is 264 g/mol. The predicted octanol–water partition coefficient (Wildman–Crippen LogP) is 2.79. The van der Waals surface area contributed by atoms with E-state index < -0.39 is 6.04 Å². The number of nitrogens with two attached hydrogens (primary N) is 1. The Bertz CT molecular complexity index is 405. The van der Waals surface area contributed by atoms with Crippen LogP contribution in [-0.4, -0.2) is 18.6 Å². The topological polar surface area (TPSA) is 64.4 Å². The fraction of sp³-hybridized carbons (Fsp3) is 0.533. The summed E-state index contributed by atoms with van der Waals surface area (Å²) in [7, 11) is 0. The molecule has 0 saturated carbocycles. The molecule has 0 aromatic heterocycles. The van der Waals surface area contributed by atoms with Crippen molar-refractivity contribution in [2.75, 3.05) is 11.9 Å². The summed E-state index contributed by atoms with van der Waals surface area (Å²) in [5.74, 6) is 0.960. The van der Waals surface area contributed by atoms with E-state index >= 15 is 0 Å². The lowest BCUT2D eigenvalue weighted by Crippen LogP contribution is -2.35. The van der Waals surface area contributed by atoms with Gasteiger partial charge in [-0.05, 0) is 24.5 Å². The first-order chi connectivity index (χ1) is 9.04. The van der Waals surface area contributed by atoms with Crippen molar-refractivity contribution in [2.24, 2.45) is 11.7 Å². The van der Waals surface area contributed by atoms with E-state index in [2.05, 4.69) is 19.2 Å². The minimum Gasteiger partial charge on any atom is -0.491 e. The van der Waals surface area contributed by atoms with Gasteiger partial charge in [0.2, 0.25) is 5.91 Å². The van der Waals surface area contributed by atoms with Gasteiger partial charge < -0.3 is 15.8 Å². The summed E-state index contributed by atoms with van der Waals surface area (Å²) in [5.41, 5.74) is 6.48. The lowest BCUT2D eigenvalue weighted by atomic mass is 10.1. The number of ether oxygens (including phenoxy) is 1. The van der Waals surface area contributed by atoms with E-state index in [9.17, 15) is 4.79 Å². The first-order valence-electron chi connectivity index (χ1n) is 6.82. The molecule has 0 aliphatic rings. The minimum atomic E-state index is -0.469. The molecule has 4 nitrogen and oxygen atoms in total. The molecule has 1 rings (SSSR count). The van der Waals surface area contributed by atoms with Gasteiger partial charge in [0.25, 0.3) is 0 Å². The Hall–Kier alpha value is -1.55. The molecule has 4 heteroatoms. The Morgan fingerprint density at radius 1 is 1.37 bits per heavy atom. The summed E-state index contributed by atoms with van der Waals surface area (Å²) >= 11 is 0. The molecule has 0 radical (unpaired) electrons. The Balaban J connectivity index is 2.69. The fourth-order valence-electron chi connectivity index (χ4n) is 1.62. The summed E-state index contributed by atoms with van der Waals surface area (Å²) in [6.45, 7) is 6.79. The van der Waals surface area contributed by atoms with Gasteiger partial charge in [-0.15, -0.1) is 0 Å². The molecule has 0 aliphatic carbocycles. The van der Waals surface area contributed by atoms with E-state index in [0.717, 1.165) is 6.42 Å². The van der Waals surface area contributed by atoms with Crippen molar-refractivity contribution in [3.63, 3.8) is 0 Å². The maximum atomic E-state index is 11.9. The van der Waals surface area contributed by atoms with E-state index in [1.807, 2.05) is 31.2 Å². The van der Waals surface area contributed by atoms with Crippen LogP contribution in [0.1, 0.15) is 33.6 Å². The number of hydrogen-bond acceptors (Lipinski definition) is 3. The third-order valence-electron chi connectivity index (χ3n) is 2.65. The maximum Gasteiger partial charge on any atom is 0.241 e. The number of anilines is 1. The molecule has 1 aromatic carbocycles. The molecule has 0 unspecified atom stereocenters. The van der Waals surface area contributed by atoms with Crippen molar-refractivity contribution in [3.8, 4) is 5.75 Å². The van der Waals surface area contributed by atoms with Crippen LogP contribution in [0.3, 0.4) is 0 Å². The molecule has 0 saturated heterocycles. The minimum absolute atomic E-state index is 0.164. The molecule has 106 valence electrons. The van der Waals surface area contributed by atoms with Crippen molar-refractivity contribution >= 4 is 11.6 Å². The molecule has 0 fully saturated rings. The average Bonchev–Trinajstić information content (AvgIpc) is 2.37. The standard InChI is InChI=1S/C15H24N2O2/c1-4-7-12(16)15(18)17-13-8-5-6-9-14(13)19-10-11(2)3/h5-6,8-9,11-12H,4,7,10,16H2,1-3H3,(H,17,18)/t12-/m1/s1. The lowest BCUT2D eigenvalue weighted by molar-refractivity contribution is -0.117. The van der Waals surface area contributed by atoms with Crippen molar-refractivity contribution in [3.05, 3.63) is 24.3 Å². The first kappa shape index (κ1) is 15.5. The highest BCUT2D eigenvalue weighted by atomic mass is 16.5. The van der Waals surface area contributed by atoms with Crippen LogP contribution in [0.25, 0.3) is 0 Å². The first-order valence-corrected chi connectivity index (χ1v) is 6.82. The molecule has 0 aliphatic heterocycles. The third kappa shape index (κ3) is 5.30. The van der Waals surface area contributed by atoms with Crippen LogP contribution < -0.4 is 15.8 Å². The van der Waals surface area contributed by atoms with Crippen molar-refractivity contribution in [2.45, 2.75) is 39.7 Å². The number of carbonyl (C=O) groups is 1. The van der Waals surface area contributed by atoms with E-state index in [0.29, 0.717) is 30.4 Å². The largest absolute Gasteiger partial charge is 0.491 e. The van der Waals surface area contributed by atoms with Crippen molar-refractivity contribution < 1.29 is 9.53 Å². The van der Waals surface area contributed by atoms with Gasteiger partial charge in [-0.25, -0.2) is 0 Å². The van der Waals surface area contributed by atoms with Crippen LogP contribution in [0.2, 0.25) is 0 Å². The van der Waals surface area contributed by atoms with Gasteiger partial charge in [-0.2, -0.15) is 0 Å². The van der Waals surface area contributed by atoms with Crippen molar-refractivity contribution in [1.82, 2.24) is 0 Å². The van der Waals surface area contributed by atoms with Crippen molar-refractivity contribution in [1.29, 1.82) is 0 Å². The molecule has 3 N–H and O–H groups in total. The second-order valence-corrected chi connectivity index (χ2v) is 5.09. The predicted molar refractivity (Wildman–Crippen MR) is 78.3 cm³/mol. The summed E-state index contributed by atoms with van der Waals surface area (Å²) < 4.78 is 5.68. The van der Waals surface area contributed by atoms with E-state index in [4.69, 9.17) is 10.5 Å². The summed E-state index contributed by atoms with van der Waals surface area (Å²) in [6.07, 6.45) is 1.57. The summed E-state index contributed by atoms with van der Waals surface area (Å²) in [4.78, 5) is 11.9. The Morgan fingerprint density at radius 3 is 2.68 bits per heavy atom. The second kappa shape index (κ2) is 7.79. The van der Waals surface area contributed by atoms with Gasteiger partial charge >= 0.3 is 0 Å². The van der Waals surface area contributed by atoms with Gasteiger partial charge in [0, 0.05) is 0 Å². The fourth-order valence-corrected chi connectivity index (χ4v) is 1.62. The summed E-state index contributed by atoms with van der Waals surface area (Å²) in [5, 5.41) is 2.83. The van der Waals surface area contributed by atoms with Crippen LogP contribution in [0.4, 0.5) is 5.69 Å². The highest BCUT2D eigenvalue weighted by Gasteiger charge is 2.14. The monoisotopic (exact) mass is 264 g/mol. The molecular formula is C15H24N2O2. The Labute approximate surface area is 115 Å². The number of amides is 1. The van der Waals surface area contributed by atoms with Gasteiger partial charge in [0.15, 0.2) is 0 Å². The lowest BCUT2D eigenvalue weighted by Gasteiger charge is -2.15. The molecular weight excluding hydrogens is 240 g/mol. The quantitative estimate of drug-likeness (QED) is 0.796. The molecule has 0 heterocycles. The normalized spacial score (nSPS) is 12.3. The molecule has 0 bridgehead atoms. The second-order valence-electron chi connectivity index (χ2n) is 5.09. The number of para-hydroxylation sites is 2. The molecule has 1 aromatic rings. The number of benzene rings is 1. The van der Waals surface area contributed by atoms with Crippen LogP contribution in [0.5, 0.6) is 5.75 Å².